The number of alkyl halides is 3. The van der Waals surface area contributed by atoms with Crippen LogP contribution in [0.3, 0.4) is 0 Å². The van der Waals surface area contributed by atoms with Crippen LogP contribution in [0.25, 0.3) is 0 Å². The summed E-state index contributed by atoms with van der Waals surface area (Å²) in [4.78, 5) is 28.1. The molecular weight excluding hydrogens is 311 g/mol. The highest BCUT2D eigenvalue weighted by Crippen LogP contribution is 2.21. The highest BCUT2D eigenvalue weighted by molar-refractivity contribution is 6.30. The first-order valence-electron chi connectivity index (χ1n) is 6.04. The molecule has 0 saturated carbocycles. The van der Waals surface area contributed by atoms with Gasteiger partial charge >= 0.3 is 6.18 Å². The first-order valence-corrected chi connectivity index (χ1v) is 6.42. The van der Waals surface area contributed by atoms with Gasteiger partial charge < -0.3 is 10.2 Å². The average Bonchev–Trinajstić information content (AvgIpc) is 2.69. The molecule has 114 valence electrons. The van der Waals surface area contributed by atoms with Crippen LogP contribution in [0.5, 0.6) is 0 Å². The van der Waals surface area contributed by atoms with Crippen molar-refractivity contribution < 1.29 is 22.8 Å². The molecule has 0 aliphatic carbocycles. The number of pyridine rings is 1. The third-order valence-electron chi connectivity index (χ3n) is 2.93. The van der Waals surface area contributed by atoms with E-state index in [-0.39, 0.29) is 18.7 Å². The second-order valence-corrected chi connectivity index (χ2v) is 4.99. The number of halogens is 4. The molecule has 1 aliphatic rings. The van der Waals surface area contributed by atoms with E-state index >= 15 is 0 Å². The molecule has 1 aliphatic heterocycles. The molecule has 1 aromatic heterocycles. The molecule has 2 rings (SSSR count). The molecule has 21 heavy (non-hydrogen) atoms. The number of hydrogen-bond acceptors (Lipinski definition) is 3. The predicted octanol–water partition coefficient (Wildman–Crippen LogP) is 1.63. The van der Waals surface area contributed by atoms with E-state index in [4.69, 9.17) is 11.6 Å². The lowest BCUT2D eigenvalue weighted by atomic mass is 10.2. The fraction of sp³-hybridized carbons (Fsp3) is 0.417. The highest BCUT2D eigenvalue weighted by Gasteiger charge is 2.39. The van der Waals surface area contributed by atoms with Crippen molar-refractivity contribution in [1.29, 1.82) is 0 Å². The molecule has 1 saturated heterocycles. The first kappa shape index (κ1) is 15.6. The van der Waals surface area contributed by atoms with E-state index in [1.807, 2.05) is 0 Å². The summed E-state index contributed by atoms with van der Waals surface area (Å²) < 4.78 is 36.8. The quantitative estimate of drug-likeness (QED) is 0.920. The number of nitrogens with zero attached hydrogens (tertiary/aromatic N) is 2. The Labute approximate surface area is 123 Å². The maximum atomic E-state index is 12.3. The molecule has 1 aromatic rings. The summed E-state index contributed by atoms with van der Waals surface area (Å²) in [6, 6.07) is 1.81. The molecule has 1 fully saturated rings. The molecule has 5 nitrogen and oxygen atoms in total. The van der Waals surface area contributed by atoms with Crippen LogP contribution in [-0.2, 0) is 4.79 Å². The Morgan fingerprint density at radius 3 is 2.86 bits per heavy atom. The SMILES string of the molecule is O=C(NC1CCN(CC(F)(F)F)C1=O)c1cc(Cl)ccn1. The van der Waals surface area contributed by atoms with E-state index in [2.05, 4.69) is 10.3 Å². The van der Waals surface area contributed by atoms with Gasteiger partial charge in [-0.25, -0.2) is 0 Å². The number of carbonyl (C=O) groups is 2. The summed E-state index contributed by atoms with van der Waals surface area (Å²) in [5.74, 6) is -1.40. The minimum atomic E-state index is -4.46. The van der Waals surface area contributed by atoms with Crippen molar-refractivity contribution in [3.05, 3.63) is 29.0 Å². The normalized spacial score (nSPS) is 19.0. The number of likely N-dealkylation sites (tertiary alicyclic amines) is 1. The van der Waals surface area contributed by atoms with Crippen LogP contribution in [0.1, 0.15) is 16.9 Å². The molecule has 1 atom stereocenters. The molecule has 1 N–H and O–H groups in total. The van der Waals surface area contributed by atoms with Crippen molar-refractivity contribution in [2.45, 2.75) is 18.6 Å². The summed E-state index contributed by atoms with van der Waals surface area (Å²) in [6.07, 6.45) is -3.01. The van der Waals surface area contributed by atoms with E-state index in [0.29, 0.717) is 9.92 Å². The van der Waals surface area contributed by atoms with Crippen LogP contribution in [0.2, 0.25) is 5.02 Å². The Balaban J connectivity index is 1.98. The molecule has 9 heteroatoms. The summed E-state index contributed by atoms with van der Waals surface area (Å²) in [5, 5.41) is 2.67. The predicted molar refractivity (Wildman–Crippen MR) is 67.8 cm³/mol. The summed E-state index contributed by atoms with van der Waals surface area (Å²) in [5.41, 5.74) is 0.00423. The van der Waals surface area contributed by atoms with E-state index in [1.165, 1.54) is 18.3 Å². The zero-order valence-electron chi connectivity index (χ0n) is 10.7. The largest absolute Gasteiger partial charge is 0.406 e. The van der Waals surface area contributed by atoms with E-state index in [0.717, 1.165) is 0 Å². The maximum absolute atomic E-state index is 12.3. The van der Waals surface area contributed by atoms with Gasteiger partial charge in [0, 0.05) is 17.8 Å². The monoisotopic (exact) mass is 321 g/mol. The number of nitrogens with one attached hydrogen (secondary N) is 1. The van der Waals surface area contributed by atoms with E-state index in [9.17, 15) is 22.8 Å². The zero-order valence-corrected chi connectivity index (χ0v) is 11.4. The van der Waals surface area contributed by atoms with E-state index < -0.39 is 30.6 Å². The van der Waals surface area contributed by atoms with Gasteiger partial charge in [0.1, 0.15) is 18.3 Å². The number of hydrogen-bond donors (Lipinski definition) is 1. The minimum Gasteiger partial charge on any atom is -0.339 e. The van der Waals surface area contributed by atoms with Crippen molar-refractivity contribution >= 4 is 23.4 Å². The van der Waals surface area contributed by atoms with Gasteiger partial charge in [-0.05, 0) is 18.6 Å². The average molecular weight is 322 g/mol. The van der Waals surface area contributed by atoms with Gasteiger partial charge in [0.25, 0.3) is 5.91 Å². The summed E-state index contributed by atoms with van der Waals surface area (Å²) in [6.45, 7) is -1.36. The number of rotatable bonds is 3. The fourth-order valence-electron chi connectivity index (χ4n) is 2.01. The summed E-state index contributed by atoms with van der Waals surface area (Å²) in [7, 11) is 0. The Bertz CT molecular complexity index is 565. The van der Waals surface area contributed by atoms with Gasteiger partial charge in [0.15, 0.2) is 0 Å². The van der Waals surface area contributed by atoms with Crippen molar-refractivity contribution in [2.75, 3.05) is 13.1 Å². The lowest BCUT2D eigenvalue weighted by molar-refractivity contribution is -0.157. The van der Waals surface area contributed by atoms with Crippen LogP contribution in [0.15, 0.2) is 18.3 Å². The fourth-order valence-corrected chi connectivity index (χ4v) is 2.17. The molecule has 0 bridgehead atoms. The first-order chi connectivity index (χ1) is 9.76. The van der Waals surface area contributed by atoms with Crippen molar-refractivity contribution in [1.82, 2.24) is 15.2 Å². The van der Waals surface area contributed by atoms with Crippen molar-refractivity contribution in [3.8, 4) is 0 Å². The van der Waals surface area contributed by atoms with Crippen molar-refractivity contribution in [2.24, 2.45) is 0 Å². The minimum absolute atomic E-state index is 0.00423. The van der Waals surface area contributed by atoms with Gasteiger partial charge in [-0.3, -0.25) is 14.6 Å². The van der Waals surface area contributed by atoms with Gasteiger partial charge in [-0.15, -0.1) is 0 Å². The molecule has 0 aromatic carbocycles. The lowest BCUT2D eigenvalue weighted by Crippen LogP contribution is -2.44. The smallest absolute Gasteiger partial charge is 0.339 e. The third-order valence-corrected chi connectivity index (χ3v) is 3.16. The van der Waals surface area contributed by atoms with Crippen LogP contribution in [0, 0.1) is 0 Å². The number of aromatic nitrogens is 1. The topological polar surface area (TPSA) is 62.3 Å². The molecule has 0 radical (unpaired) electrons. The Kier molecular flexibility index (Phi) is 4.36. The number of amides is 2. The second kappa shape index (κ2) is 5.88. The standard InChI is InChI=1S/C12H11ClF3N3O2/c13-7-1-3-17-9(5-7)10(20)18-8-2-4-19(11(8)21)6-12(14,15)16/h1,3,5,8H,2,4,6H2,(H,18,20). The highest BCUT2D eigenvalue weighted by atomic mass is 35.5. The lowest BCUT2D eigenvalue weighted by Gasteiger charge is -2.18. The molecule has 0 spiro atoms. The third kappa shape index (κ3) is 4.07. The molecule has 2 heterocycles. The van der Waals surface area contributed by atoms with Gasteiger partial charge in [-0.1, -0.05) is 11.6 Å². The Morgan fingerprint density at radius 1 is 1.52 bits per heavy atom. The second-order valence-electron chi connectivity index (χ2n) is 4.55. The maximum Gasteiger partial charge on any atom is 0.406 e. The summed E-state index contributed by atoms with van der Waals surface area (Å²) >= 11 is 5.71. The van der Waals surface area contributed by atoms with Gasteiger partial charge in [0.05, 0.1) is 0 Å². The number of carbonyl (C=O) groups excluding carboxylic acids is 2. The van der Waals surface area contributed by atoms with Gasteiger partial charge in [0.2, 0.25) is 5.91 Å². The molecule has 1 unspecified atom stereocenters. The van der Waals surface area contributed by atoms with Crippen LogP contribution in [-0.4, -0.2) is 47.0 Å². The van der Waals surface area contributed by atoms with Crippen LogP contribution in [0.4, 0.5) is 13.2 Å². The Morgan fingerprint density at radius 2 is 2.24 bits per heavy atom. The van der Waals surface area contributed by atoms with Crippen LogP contribution >= 0.6 is 11.6 Å². The van der Waals surface area contributed by atoms with Gasteiger partial charge in [-0.2, -0.15) is 13.2 Å². The van der Waals surface area contributed by atoms with Crippen LogP contribution < -0.4 is 5.32 Å². The molecular formula is C12H11ClF3N3O2. The molecule has 2 amide bonds. The van der Waals surface area contributed by atoms with E-state index in [1.54, 1.807) is 0 Å². The zero-order chi connectivity index (χ0) is 15.6. The Hall–Kier alpha value is -1.83. The van der Waals surface area contributed by atoms with Crippen molar-refractivity contribution in [3.63, 3.8) is 0 Å².